The van der Waals surface area contributed by atoms with E-state index in [0.717, 1.165) is 17.0 Å². The van der Waals surface area contributed by atoms with Gasteiger partial charge in [-0.1, -0.05) is 23.8 Å². The molecule has 0 bridgehead atoms. The van der Waals surface area contributed by atoms with E-state index in [4.69, 9.17) is 4.42 Å². The fourth-order valence-electron chi connectivity index (χ4n) is 1.37. The third-order valence-electron chi connectivity index (χ3n) is 2.04. The van der Waals surface area contributed by atoms with E-state index in [9.17, 15) is 0 Å². The van der Waals surface area contributed by atoms with E-state index in [-0.39, 0.29) is 0 Å². The Balaban J connectivity index is 2.53. The summed E-state index contributed by atoms with van der Waals surface area (Å²) in [5, 5.41) is 0. The van der Waals surface area contributed by atoms with Gasteiger partial charge in [0.1, 0.15) is 11.5 Å². The van der Waals surface area contributed by atoms with Gasteiger partial charge in [0, 0.05) is 5.56 Å². The molecule has 2 rings (SSSR count). The van der Waals surface area contributed by atoms with Gasteiger partial charge in [0.05, 0.1) is 0 Å². The van der Waals surface area contributed by atoms with Gasteiger partial charge in [0.25, 0.3) is 0 Å². The summed E-state index contributed by atoms with van der Waals surface area (Å²) in [7, 11) is 0. The zero-order valence-corrected chi connectivity index (χ0v) is 7.74. The molecule has 66 valence electrons. The Bertz CT molecular complexity index is 418. The summed E-state index contributed by atoms with van der Waals surface area (Å²) in [6.45, 7) is 3.99. The molecule has 0 saturated carbocycles. The van der Waals surface area contributed by atoms with Crippen LogP contribution < -0.4 is 0 Å². The van der Waals surface area contributed by atoms with Gasteiger partial charge in [0.2, 0.25) is 0 Å². The summed E-state index contributed by atoms with van der Waals surface area (Å²) in [5.74, 6) is 0.866. The highest BCUT2D eigenvalue weighted by Crippen LogP contribution is 2.21. The van der Waals surface area contributed by atoms with E-state index in [0.29, 0.717) is 0 Å². The zero-order valence-electron chi connectivity index (χ0n) is 7.74. The maximum atomic E-state index is 5.15. The van der Waals surface area contributed by atoms with Crippen molar-refractivity contribution in [3.63, 3.8) is 0 Å². The summed E-state index contributed by atoms with van der Waals surface area (Å²) < 4.78 is 5.15. The Morgan fingerprint density at radius 2 is 2.08 bits per heavy atom. The first-order valence-electron chi connectivity index (χ1n) is 4.24. The lowest BCUT2D eigenvalue weighted by molar-refractivity contribution is 0.527. The summed E-state index contributed by atoms with van der Waals surface area (Å²) in [6.07, 6.45) is 1.48. The van der Waals surface area contributed by atoms with Crippen molar-refractivity contribution < 1.29 is 4.42 Å². The van der Waals surface area contributed by atoms with Crippen LogP contribution >= 0.6 is 0 Å². The molecule has 0 aliphatic carbocycles. The summed E-state index contributed by atoms with van der Waals surface area (Å²) >= 11 is 0. The van der Waals surface area contributed by atoms with Crippen molar-refractivity contribution in [1.29, 1.82) is 0 Å². The van der Waals surface area contributed by atoms with Crippen molar-refractivity contribution in [2.24, 2.45) is 0 Å². The molecular formula is C11H11NO. The molecule has 0 unspecified atom stereocenters. The first-order valence-corrected chi connectivity index (χ1v) is 4.24. The highest BCUT2D eigenvalue weighted by Gasteiger charge is 2.05. The van der Waals surface area contributed by atoms with Crippen LogP contribution in [0.1, 0.15) is 11.3 Å². The maximum Gasteiger partial charge on any atom is 0.181 e. The van der Waals surface area contributed by atoms with E-state index in [2.05, 4.69) is 24.0 Å². The van der Waals surface area contributed by atoms with Crippen molar-refractivity contribution in [3.05, 3.63) is 42.0 Å². The molecule has 1 aromatic heterocycles. The lowest BCUT2D eigenvalue weighted by atomic mass is 10.1. The zero-order chi connectivity index (χ0) is 9.26. The second-order valence-electron chi connectivity index (χ2n) is 3.13. The highest BCUT2D eigenvalue weighted by atomic mass is 16.3. The predicted molar refractivity (Wildman–Crippen MR) is 51.4 cm³/mol. The molecule has 0 fully saturated rings. The minimum absolute atomic E-state index is 0.866. The Morgan fingerprint density at radius 1 is 1.23 bits per heavy atom. The summed E-state index contributed by atoms with van der Waals surface area (Å²) in [5.41, 5.74) is 3.29. The van der Waals surface area contributed by atoms with Crippen LogP contribution in [0.15, 0.2) is 35.1 Å². The average Bonchev–Trinajstić information content (AvgIpc) is 2.51. The lowest BCUT2D eigenvalue weighted by Gasteiger charge is -1.98. The standard InChI is InChI=1S/C11H11NO/c1-8-4-3-5-10(6-8)11-9(2)13-7-12-11/h3-7H,1-2H3. The van der Waals surface area contributed by atoms with E-state index < -0.39 is 0 Å². The number of aryl methyl sites for hydroxylation is 2. The molecule has 2 heteroatoms. The fourth-order valence-corrected chi connectivity index (χ4v) is 1.37. The number of benzene rings is 1. The highest BCUT2D eigenvalue weighted by molar-refractivity contribution is 5.61. The molecule has 0 aliphatic heterocycles. The average molecular weight is 173 g/mol. The van der Waals surface area contributed by atoms with Gasteiger partial charge in [-0.3, -0.25) is 0 Å². The number of hydrogen-bond acceptors (Lipinski definition) is 2. The Kier molecular flexibility index (Phi) is 1.89. The van der Waals surface area contributed by atoms with E-state index >= 15 is 0 Å². The quantitative estimate of drug-likeness (QED) is 0.662. The van der Waals surface area contributed by atoms with Crippen LogP contribution in [0.3, 0.4) is 0 Å². The van der Waals surface area contributed by atoms with Gasteiger partial charge in [-0.15, -0.1) is 0 Å². The number of hydrogen-bond donors (Lipinski definition) is 0. The number of nitrogens with zero attached hydrogens (tertiary/aromatic N) is 1. The van der Waals surface area contributed by atoms with E-state index in [1.807, 2.05) is 19.1 Å². The minimum atomic E-state index is 0.866. The van der Waals surface area contributed by atoms with Crippen LogP contribution in [0.5, 0.6) is 0 Å². The van der Waals surface area contributed by atoms with Crippen LogP contribution in [0.2, 0.25) is 0 Å². The molecule has 2 nitrogen and oxygen atoms in total. The van der Waals surface area contributed by atoms with E-state index in [1.165, 1.54) is 12.0 Å². The van der Waals surface area contributed by atoms with Gasteiger partial charge >= 0.3 is 0 Å². The van der Waals surface area contributed by atoms with Crippen molar-refractivity contribution in [2.75, 3.05) is 0 Å². The Hall–Kier alpha value is -1.57. The monoisotopic (exact) mass is 173 g/mol. The van der Waals surface area contributed by atoms with Gasteiger partial charge in [-0.2, -0.15) is 0 Å². The minimum Gasteiger partial charge on any atom is -0.448 e. The molecule has 2 aromatic rings. The van der Waals surface area contributed by atoms with Gasteiger partial charge in [-0.05, 0) is 19.9 Å². The molecule has 0 N–H and O–H groups in total. The molecule has 0 aliphatic rings. The Morgan fingerprint density at radius 3 is 2.69 bits per heavy atom. The third-order valence-corrected chi connectivity index (χ3v) is 2.04. The van der Waals surface area contributed by atoms with Crippen molar-refractivity contribution >= 4 is 0 Å². The first kappa shape index (κ1) is 8.05. The van der Waals surface area contributed by atoms with Crippen molar-refractivity contribution in [2.45, 2.75) is 13.8 Å². The molecule has 0 radical (unpaired) electrons. The smallest absolute Gasteiger partial charge is 0.181 e. The predicted octanol–water partition coefficient (Wildman–Crippen LogP) is 2.96. The molecule has 1 aromatic carbocycles. The van der Waals surface area contributed by atoms with Crippen LogP contribution in [-0.2, 0) is 0 Å². The van der Waals surface area contributed by atoms with Crippen molar-refractivity contribution in [1.82, 2.24) is 4.98 Å². The summed E-state index contributed by atoms with van der Waals surface area (Å²) in [4.78, 5) is 4.16. The second-order valence-corrected chi connectivity index (χ2v) is 3.13. The Labute approximate surface area is 77.2 Å². The van der Waals surface area contributed by atoms with E-state index in [1.54, 1.807) is 0 Å². The summed E-state index contributed by atoms with van der Waals surface area (Å²) in [6, 6.07) is 8.24. The fraction of sp³-hybridized carbons (Fsp3) is 0.182. The molecule has 0 saturated heterocycles. The first-order chi connectivity index (χ1) is 6.27. The second kappa shape index (κ2) is 3.05. The molecule has 13 heavy (non-hydrogen) atoms. The van der Waals surface area contributed by atoms with Gasteiger partial charge < -0.3 is 4.42 Å². The topological polar surface area (TPSA) is 26.0 Å². The molecule has 0 atom stereocenters. The largest absolute Gasteiger partial charge is 0.448 e. The van der Waals surface area contributed by atoms with Crippen LogP contribution in [-0.4, -0.2) is 4.98 Å². The lowest BCUT2D eigenvalue weighted by Crippen LogP contribution is -1.81. The molecule has 0 spiro atoms. The maximum absolute atomic E-state index is 5.15. The van der Waals surface area contributed by atoms with Gasteiger partial charge in [0.15, 0.2) is 6.39 Å². The SMILES string of the molecule is Cc1cccc(-c2ncoc2C)c1. The molecular weight excluding hydrogens is 162 g/mol. The third kappa shape index (κ3) is 1.47. The molecule has 0 amide bonds. The van der Waals surface area contributed by atoms with Gasteiger partial charge in [-0.25, -0.2) is 4.98 Å². The number of rotatable bonds is 1. The molecule has 1 heterocycles. The normalized spacial score (nSPS) is 10.3. The van der Waals surface area contributed by atoms with Crippen LogP contribution in [0.4, 0.5) is 0 Å². The van der Waals surface area contributed by atoms with Crippen LogP contribution in [0, 0.1) is 13.8 Å². The number of oxazole rings is 1. The van der Waals surface area contributed by atoms with Crippen molar-refractivity contribution in [3.8, 4) is 11.3 Å². The van der Waals surface area contributed by atoms with Crippen LogP contribution in [0.25, 0.3) is 11.3 Å². The number of aromatic nitrogens is 1.